The molecule has 120 valence electrons. The fraction of sp³-hybridized carbons (Fsp3) is 0.700. The highest BCUT2D eigenvalue weighted by molar-refractivity contribution is 5.53. The van der Waals surface area contributed by atoms with Crippen LogP contribution in [0.15, 0.2) is 18.2 Å². The molecule has 2 nitrogen and oxygen atoms in total. The second kappa shape index (κ2) is 5.88. The van der Waals surface area contributed by atoms with Gasteiger partial charge in [-0.1, -0.05) is 19.9 Å². The van der Waals surface area contributed by atoms with Crippen molar-refractivity contribution in [2.45, 2.75) is 51.4 Å². The van der Waals surface area contributed by atoms with Gasteiger partial charge in [-0.05, 0) is 66.7 Å². The van der Waals surface area contributed by atoms with Crippen molar-refractivity contribution in [2.24, 2.45) is 5.92 Å². The molecule has 1 aliphatic heterocycles. The number of nitrogens with zero attached hydrogens (tertiary/aromatic N) is 2. The molecule has 4 rings (SSSR count). The van der Waals surface area contributed by atoms with Gasteiger partial charge in [0.15, 0.2) is 0 Å². The van der Waals surface area contributed by atoms with Gasteiger partial charge in [0.05, 0.1) is 0 Å². The van der Waals surface area contributed by atoms with Gasteiger partial charge in [0.25, 0.3) is 0 Å². The van der Waals surface area contributed by atoms with Gasteiger partial charge in [-0.15, -0.1) is 0 Å². The Bertz CT molecular complexity index is 521. The van der Waals surface area contributed by atoms with E-state index in [1.165, 1.54) is 64.1 Å². The topological polar surface area (TPSA) is 6.48 Å². The highest BCUT2D eigenvalue weighted by atomic mass is 15.3. The zero-order valence-corrected chi connectivity index (χ0v) is 14.2. The van der Waals surface area contributed by atoms with Gasteiger partial charge in [0.2, 0.25) is 0 Å². The standard InChI is InChI=1S/C20H30N2/c1-15(2)19-8-7-18(13-20(19)17-5-6-17)22-11-9-21(10-12-22)14-16-3-4-16/h7-8,13,15-17H,3-6,9-12,14H2,1-2H3. The van der Waals surface area contributed by atoms with E-state index in [0.717, 1.165) is 11.8 Å². The number of anilines is 1. The van der Waals surface area contributed by atoms with Crippen molar-refractivity contribution in [3.8, 4) is 0 Å². The van der Waals surface area contributed by atoms with Crippen LogP contribution in [0.4, 0.5) is 5.69 Å². The van der Waals surface area contributed by atoms with Gasteiger partial charge >= 0.3 is 0 Å². The van der Waals surface area contributed by atoms with Crippen LogP contribution in [0.1, 0.15) is 62.5 Å². The lowest BCUT2D eigenvalue weighted by molar-refractivity contribution is 0.248. The van der Waals surface area contributed by atoms with Gasteiger partial charge < -0.3 is 4.90 Å². The number of hydrogen-bond donors (Lipinski definition) is 0. The average molecular weight is 298 g/mol. The lowest BCUT2D eigenvalue weighted by atomic mass is 9.93. The summed E-state index contributed by atoms with van der Waals surface area (Å²) in [7, 11) is 0. The Balaban J connectivity index is 1.45. The van der Waals surface area contributed by atoms with Crippen LogP contribution < -0.4 is 4.90 Å². The average Bonchev–Trinajstić information content (AvgIpc) is 3.41. The van der Waals surface area contributed by atoms with Crippen LogP contribution in [0.3, 0.4) is 0 Å². The van der Waals surface area contributed by atoms with Gasteiger partial charge in [0.1, 0.15) is 0 Å². The molecule has 2 saturated carbocycles. The van der Waals surface area contributed by atoms with E-state index in [9.17, 15) is 0 Å². The van der Waals surface area contributed by atoms with Crippen molar-refractivity contribution >= 4 is 5.69 Å². The third-order valence-corrected chi connectivity index (χ3v) is 5.66. The van der Waals surface area contributed by atoms with E-state index < -0.39 is 0 Å². The second-order valence-electron chi connectivity index (χ2n) is 7.97. The highest BCUT2D eigenvalue weighted by Crippen LogP contribution is 2.44. The minimum atomic E-state index is 0.653. The molecule has 2 aliphatic carbocycles. The Morgan fingerprint density at radius 1 is 1.00 bits per heavy atom. The molecule has 3 fully saturated rings. The third-order valence-electron chi connectivity index (χ3n) is 5.66. The summed E-state index contributed by atoms with van der Waals surface area (Å²) in [6.07, 6.45) is 5.75. The summed E-state index contributed by atoms with van der Waals surface area (Å²) in [5.74, 6) is 2.53. The summed E-state index contributed by atoms with van der Waals surface area (Å²) < 4.78 is 0. The zero-order chi connectivity index (χ0) is 15.1. The molecule has 1 saturated heterocycles. The monoisotopic (exact) mass is 298 g/mol. The zero-order valence-electron chi connectivity index (χ0n) is 14.2. The maximum absolute atomic E-state index is 2.68. The van der Waals surface area contributed by atoms with Crippen LogP contribution in [0.5, 0.6) is 0 Å². The molecule has 0 amide bonds. The molecular formula is C20H30N2. The quantitative estimate of drug-likeness (QED) is 0.803. The smallest absolute Gasteiger partial charge is 0.0370 e. The predicted molar refractivity (Wildman–Crippen MR) is 93.9 cm³/mol. The Morgan fingerprint density at radius 2 is 1.73 bits per heavy atom. The SMILES string of the molecule is CC(C)c1ccc(N2CCN(CC3CC3)CC2)cc1C1CC1. The van der Waals surface area contributed by atoms with Gasteiger partial charge in [-0.25, -0.2) is 0 Å². The first-order valence-electron chi connectivity index (χ1n) is 9.32. The van der Waals surface area contributed by atoms with Crippen LogP contribution in [0.25, 0.3) is 0 Å². The molecule has 0 atom stereocenters. The lowest BCUT2D eigenvalue weighted by Crippen LogP contribution is -2.47. The maximum Gasteiger partial charge on any atom is 0.0370 e. The first-order valence-corrected chi connectivity index (χ1v) is 9.32. The molecule has 1 aromatic rings. The number of benzene rings is 1. The van der Waals surface area contributed by atoms with Crippen molar-refractivity contribution in [3.63, 3.8) is 0 Å². The molecule has 1 heterocycles. The van der Waals surface area contributed by atoms with E-state index in [-0.39, 0.29) is 0 Å². The number of hydrogen-bond acceptors (Lipinski definition) is 2. The van der Waals surface area contributed by atoms with Crippen LogP contribution in [0.2, 0.25) is 0 Å². The van der Waals surface area contributed by atoms with E-state index in [1.807, 2.05) is 0 Å². The van der Waals surface area contributed by atoms with Gasteiger partial charge in [0, 0.05) is 38.4 Å². The molecule has 0 radical (unpaired) electrons. The summed E-state index contributed by atoms with van der Waals surface area (Å²) >= 11 is 0. The Kier molecular flexibility index (Phi) is 3.89. The van der Waals surface area contributed by atoms with Crippen LogP contribution in [-0.4, -0.2) is 37.6 Å². The Labute approximate surface area is 135 Å². The summed E-state index contributed by atoms with van der Waals surface area (Å²) in [4.78, 5) is 5.29. The molecule has 0 spiro atoms. The van der Waals surface area contributed by atoms with Crippen LogP contribution in [-0.2, 0) is 0 Å². The summed E-state index contributed by atoms with van der Waals surface area (Å²) in [5.41, 5.74) is 4.70. The van der Waals surface area contributed by atoms with Crippen molar-refractivity contribution in [1.82, 2.24) is 4.90 Å². The van der Waals surface area contributed by atoms with E-state index in [2.05, 4.69) is 41.8 Å². The third kappa shape index (κ3) is 3.17. The number of piperazine rings is 1. The van der Waals surface area contributed by atoms with E-state index in [0.29, 0.717) is 5.92 Å². The summed E-state index contributed by atoms with van der Waals surface area (Å²) in [6.45, 7) is 10.9. The predicted octanol–water partition coefficient (Wildman–Crippen LogP) is 4.22. The molecular weight excluding hydrogens is 268 g/mol. The van der Waals surface area contributed by atoms with Crippen LogP contribution >= 0.6 is 0 Å². The van der Waals surface area contributed by atoms with Crippen molar-refractivity contribution in [3.05, 3.63) is 29.3 Å². The maximum atomic E-state index is 2.68. The van der Waals surface area contributed by atoms with Gasteiger partial charge in [-0.3, -0.25) is 4.90 Å². The Morgan fingerprint density at radius 3 is 2.32 bits per heavy atom. The summed E-state index contributed by atoms with van der Waals surface area (Å²) in [5, 5.41) is 0. The molecule has 2 heteroatoms. The molecule has 0 bridgehead atoms. The van der Waals surface area contributed by atoms with Gasteiger partial charge in [-0.2, -0.15) is 0 Å². The Hall–Kier alpha value is -1.02. The fourth-order valence-electron chi connectivity index (χ4n) is 3.89. The fourth-order valence-corrected chi connectivity index (χ4v) is 3.89. The van der Waals surface area contributed by atoms with E-state index >= 15 is 0 Å². The number of rotatable bonds is 5. The summed E-state index contributed by atoms with van der Waals surface area (Å²) in [6, 6.07) is 7.30. The van der Waals surface area contributed by atoms with E-state index in [1.54, 1.807) is 11.1 Å². The molecule has 3 aliphatic rings. The second-order valence-corrected chi connectivity index (χ2v) is 7.97. The largest absolute Gasteiger partial charge is 0.369 e. The van der Waals surface area contributed by atoms with Crippen molar-refractivity contribution in [2.75, 3.05) is 37.6 Å². The van der Waals surface area contributed by atoms with E-state index in [4.69, 9.17) is 0 Å². The molecule has 22 heavy (non-hydrogen) atoms. The van der Waals surface area contributed by atoms with Crippen molar-refractivity contribution < 1.29 is 0 Å². The molecule has 0 unspecified atom stereocenters. The minimum Gasteiger partial charge on any atom is -0.369 e. The molecule has 0 N–H and O–H groups in total. The first-order chi connectivity index (χ1) is 10.7. The highest BCUT2D eigenvalue weighted by Gasteiger charge is 2.29. The van der Waals surface area contributed by atoms with Crippen LogP contribution in [0, 0.1) is 5.92 Å². The minimum absolute atomic E-state index is 0.653. The van der Waals surface area contributed by atoms with Crippen molar-refractivity contribution in [1.29, 1.82) is 0 Å². The molecule has 0 aromatic heterocycles. The lowest BCUT2D eigenvalue weighted by Gasteiger charge is -2.36. The first kappa shape index (κ1) is 14.6. The normalized spacial score (nSPS) is 23.3. The molecule has 1 aromatic carbocycles.